The second-order valence-corrected chi connectivity index (χ2v) is 6.69. The number of anilines is 1. The van der Waals surface area contributed by atoms with Gasteiger partial charge in [0, 0.05) is 32.8 Å². The summed E-state index contributed by atoms with van der Waals surface area (Å²) in [7, 11) is -0.518. The number of hydrogen-bond acceptors (Lipinski definition) is 4. The molecule has 0 spiro atoms. The van der Waals surface area contributed by atoms with Gasteiger partial charge in [0.05, 0.1) is 4.90 Å². The zero-order chi connectivity index (χ0) is 15.2. The molecule has 0 bridgehead atoms. The molecule has 0 aromatic heterocycles. The Labute approximate surface area is 119 Å². The van der Waals surface area contributed by atoms with Gasteiger partial charge in [-0.2, -0.15) is 0 Å². The standard InChI is InChI=1S/C13H20N2O4S/c1-15(2)20(18,19)12-8-6-11(7-9-12)14-13(17)5-3-4-10-16/h6-9,16H,3-5,10H2,1-2H3,(H,14,17). The van der Waals surface area contributed by atoms with E-state index in [2.05, 4.69) is 5.32 Å². The zero-order valence-corrected chi connectivity index (χ0v) is 12.5. The van der Waals surface area contributed by atoms with Gasteiger partial charge in [0.15, 0.2) is 0 Å². The summed E-state index contributed by atoms with van der Waals surface area (Å²) in [6.45, 7) is 0.0738. The molecule has 1 aromatic rings. The van der Waals surface area contributed by atoms with Gasteiger partial charge >= 0.3 is 0 Å². The molecule has 6 nitrogen and oxygen atoms in total. The van der Waals surface area contributed by atoms with Crippen LogP contribution in [0.25, 0.3) is 0 Å². The number of nitrogens with zero attached hydrogens (tertiary/aromatic N) is 1. The molecule has 0 heterocycles. The van der Waals surface area contributed by atoms with Crippen LogP contribution in [-0.4, -0.2) is 44.4 Å². The first-order chi connectivity index (χ1) is 9.37. The van der Waals surface area contributed by atoms with Gasteiger partial charge in [0.1, 0.15) is 0 Å². The first-order valence-electron chi connectivity index (χ1n) is 6.31. The fourth-order valence-electron chi connectivity index (χ4n) is 1.54. The molecule has 7 heteroatoms. The summed E-state index contributed by atoms with van der Waals surface area (Å²) in [4.78, 5) is 11.7. The Morgan fingerprint density at radius 2 is 1.80 bits per heavy atom. The molecular formula is C13H20N2O4S. The summed E-state index contributed by atoms with van der Waals surface area (Å²) < 4.78 is 24.8. The maximum absolute atomic E-state index is 11.9. The predicted octanol–water partition coefficient (Wildman–Crippen LogP) is 1.04. The molecule has 0 saturated carbocycles. The van der Waals surface area contributed by atoms with Gasteiger partial charge < -0.3 is 10.4 Å². The highest BCUT2D eigenvalue weighted by molar-refractivity contribution is 7.89. The smallest absolute Gasteiger partial charge is 0.242 e. The van der Waals surface area contributed by atoms with E-state index in [0.717, 1.165) is 4.31 Å². The number of unbranched alkanes of at least 4 members (excludes halogenated alkanes) is 1. The Morgan fingerprint density at radius 3 is 2.30 bits per heavy atom. The van der Waals surface area contributed by atoms with Crippen LogP contribution in [0, 0.1) is 0 Å². The summed E-state index contributed by atoms with van der Waals surface area (Å²) in [5, 5.41) is 11.3. The molecule has 1 aromatic carbocycles. The molecule has 1 amide bonds. The number of amides is 1. The second kappa shape index (κ2) is 7.37. The Kier molecular flexibility index (Phi) is 6.12. The average Bonchev–Trinajstić information content (AvgIpc) is 2.39. The van der Waals surface area contributed by atoms with Crippen LogP contribution in [0.2, 0.25) is 0 Å². The van der Waals surface area contributed by atoms with Crippen LogP contribution < -0.4 is 5.32 Å². The number of aliphatic hydroxyl groups is 1. The Bertz CT molecular complexity index is 538. The fraction of sp³-hybridized carbons (Fsp3) is 0.462. The Hall–Kier alpha value is -1.44. The van der Waals surface area contributed by atoms with E-state index in [4.69, 9.17) is 5.11 Å². The van der Waals surface area contributed by atoms with Crippen molar-refractivity contribution in [3.05, 3.63) is 24.3 Å². The van der Waals surface area contributed by atoms with Crippen molar-refractivity contribution in [3.8, 4) is 0 Å². The molecule has 0 aliphatic carbocycles. The van der Waals surface area contributed by atoms with Crippen LogP contribution in [0.15, 0.2) is 29.2 Å². The molecule has 0 saturated heterocycles. The van der Waals surface area contributed by atoms with E-state index >= 15 is 0 Å². The molecule has 20 heavy (non-hydrogen) atoms. The van der Waals surface area contributed by atoms with Gasteiger partial charge in [-0.05, 0) is 37.1 Å². The molecule has 0 aliphatic heterocycles. The molecule has 0 fully saturated rings. The lowest BCUT2D eigenvalue weighted by molar-refractivity contribution is -0.116. The van der Waals surface area contributed by atoms with Crippen molar-refractivity contribution in [1.82, 2.24) is 4.31 Å². The largest absolute Gasteiger partial charge is 0.396 e. The van der Waals surface area contributed by atoms with Gasteiger partial charge in [-0.3, -0.25) is 4.79 Å². The lowest BCUT2D eigenvalue weighted by Gasteiger charge is -2.12. The van der Waals surface area contributed by atoms with Crippen LogP contribution >= 0.6 is 0 Å². The number of hydrogen-bond donors (Lipinski definition) is 2. The van der Waals surface area contributed by atoms with E-state index in [-0.39, 0.29) is 17.4 Å². The number of rotatable bonds is 7. The van der Waals surface area contributed by atoms with Gasteiger partial charge in [0.25, 0.3) is 0 Å². The zero-order valence-electron chi connectivity index (χ0n) is 11.7. The van der Waals surface area contributed by atoms with Crippen LogP contribution in [0.4, 0.5) is 5.69 Å². The van der Waals surface area contributed by atoms with Crippen molar-refractivity contribution in [2.45, 2.75) is 24.2 Å². The molecule has 0 aliphatic rings. The first kappa shape index (κ1) is 16.6. The minimum Gasteiger partial charge on any atom is -0.396 e. The number of sulfonamides is 1. The van der Waals surface area contributed by atoms with Crippen molar-refractivity contribution >= 4 is 21.6 Å². The monoisotopic (exact) mass is 300 g/mol. The molecule has 0 unspecified atom stereocenters. The molecule has 0 atom stereocenters. The highest BCUT2D eigenvalue weighted by Gasteiger charge is 2.16. The quantitative estimate of drug-likeness (QED) is 0.737. The normalized spacial score (nSPS) is 11.6. The lowest BCUT2D eigenvalue weighted by Crippen LogP contribution is -2.22. The second-order valence-electron chi connectivity index (χ2n) is 4.54. The number of benzene rings is 1. The highest BCUT2D eigenvalue weighted by Crippen LogP contribution is 2.16. The van der Waals surface area contributed by atoms with E-state index in [1.54, 1.807) is 12.1 Å². The van der Waals surface area contributed by atoms with Crippen LogP contribution in [0.3, 0.4) is 0 Å². The van der Waals surface area contributed by atoms with Crippen molar-refractivity contribution in [3.63, 3.8) is 0 Å². The summed E-state index contributed by atoms with van der Waals surface area (Å²) in [5.41, 5.74) is 0.553. The summed E-state index contributed by atoms with van der Waals surface area (Å²) in [6.07, 6.45) is 1.54. The Balaban J connectivity index is 2.66. The highest BCUT2D eigenvalue weighted by atomic mass is 32.2. The maximum atomic E-state index is 11.9. The third-order valence-electron chi connectivity index (χ3n) is 2.73. The van der Waals surface area contributed by atoms with E-state index < -0.39 is 10.0 Å². The summed E-state index contributed by atoms with van der Waals surface area (Å²) in [6, 6.07) is 6.03. The fourth-order valence-corrected chi connectivity index (χ4v) is 2.44. The van der Waals surface area contributed by atoms with Crippen molar-refractivity contribution in [2.24, 2.45) is 0 Å². The van der Waals surface area contributed by atoms with Crippen LogP contribution in [0.5, 0.6) is 0 Å². The molecule has 1 rings (SSSR count). The van der Waals surface area contributed by atoms with Gasteiger partial charge in [-0.15, -0.1) is 0 Å². The van der Waals surface area contributed by atoms with Crippen LogP contribution in [0.1, 0.15) is 19.3 Å². The van der Waals surface area contributed by atoms with E-state index in [1.807, 2.05) is 0 Å². The topological polar surface area (TPSA) is 86.7 Å². The van der Waals surface area contributed by atoms with Crippen molar-refractivity contribution in [2.75, 3.05) is 26.0 Å². The average molecular weight is 300 g/mol. The predicted molar refractivity (Wildman–Crippen MR) is 76.9 cm³/mol. The van der Waals surface area contributed by atoms with Crippen LogP contribution in [-0.2, 0) is 14.8 Å². The molecular weight excluding hydrogens is 280 g/mol. The Morgan fingerprint density at radius 1 is 1.20 bits per heavy atom. The molecule has 2 N–H and O–H groups in total. The van der Waals surface area contributed by atoms with Gasteiger partial charge in [-0.25, -0.2) is 12.7 Å². The maximum Gasteiger partial charge on any atom is 0.242 e. The molecule has 112 valence electrons. The van der Waals surface area contributed by atoms with Crippen molar-refractivity contribution < 1.29 is 18.3 Å². The number of nitrogens with one attached hydrogen (secondary N) is 1. The number of carbonyl (C=O) groups is 1. The minimum absolute atomic E-state index is 0.0738. The van der Waals surface area contributed by atoms with Gasteiger partial charge in [-0.1, -0.05) is 0 Å². The van der Waals surface area contributed by atoms with E-state index in [1.165, 1.54) is 26.2 Å². The number of aliphatic hydroxyl groups excluding tert-OH is 1. The molecule has 0 radical (unpaired) electrons. The lowest BCUT2D eigenvalue weighted by atomic mass is 10.2. The summed E-state index contributed by atoms with van der Waals surface area (Å²) in [5.74, 6) is -0.151. The first-order valence-corrected chi connectivity index (χ1v) is 7.75. The number of carbonyl (C=O) groups excluding carboxylic acids is 1. The third-order valence-corrected chi connectivity index (χ3v) is 4.56. The van der Waals surface area contributed by atoms with E-state index in [9.17, 15) is 13.2 Å². The third kappa shape index (κ3) is 4.59. The van der Waals surface area contributed by atoms with Gasteiger partial charge in [0.2, 0.25) is 15.9 Å². The summed E-state index contributed by atoms with van der Waals surface area (Å²) >= 11 is 0. The van der Waals surface area contributed by atoms with Crippen molar-refractivity contribution in [1.29, 1.82) is 0 Å². The van der Waals surface area contributed by atoms with E-state index in [0.29, 0.717) is 24.9 Å². The SMILES string of the molecule is CN(C)S(=O)(=O)c1ccc(NC(=O)CCCCO)cc1. The minimum atomic E-state index is -3.45.